The molecule has 1 N–H and O–H groups in total. The molecule has 1 amide bonds. The Balaban J connectivity index is 1.60. The van der Waals surface area contributed by atoms with Gasteiger partial charge in [0.2, 0.25) is 5.91 Å². The van der Waals surface area contributed by atoms with Crippen molar-refractivity contribution >= 4 is 35.0 Å². The summed E-state index contributed by atoms with van der Waals surface area (Å²) in [6, 6.07) is 21.6. The molecule has 7 heteroatoms. The molecule has 1 aromatic heterocycles. The molecule has 0 bridgehead atoms. The molecule has 0 fully saturated rings. The maximum atomic E-state index is 12.6. The van der Waals surface area contributed by atoms with Gasteiger partial charge in [-0.05, 0) is 62.2 Å². The lowest BCUT2D eigenvalue weighted by Gasteiger charge is -2.12. The Hall–Kier alpha value is -3.09. The van der Waals surface area contributed by atoms with Crippen molar-refractivity contribution in [2.24, 2.45) is 0 Å². The molecule has 0 unspecified atom stereocenters. The first-order valence-electron chi connectivity index (χ1n) is 10.2. The van der Waals surface area contributed by atoms with Gasteiger partial charge in [-0.1, -0.05) is 65.3 Å². The van der Waals surface area contributed by atoms with Gasteiger partial charge >= 0.3 is 0 Å². The largest absolute Gasteiger partial charge is 0.325 e. The number of benzene rings is 3. The quantitative estimate of drug-likeness (QED) is 0.344. The summed E-state index contributed by atoms with van der Waals surface area (Å²) < 4.78 is 1.96. The highest BCUT2D eigenvalue weighted by molar-refractivity contribution is 7.99. The molecule has 0 atom stereocenters. The molecule has 0 radical (unpaired) electrons. The normalized spacial score (nSPS) is 10.9. The van der Waals surface area contributed by atoms with Crippen molar-refractivity contribution < 1.29 is 4.79 Å². The Morgan fingerprint density at radius 3 is 2.34 bits per heavy atom. The number of hydrogen-bond donors (Lipinski definition) is 1. The molecule has 32 heavy (non-hydrogen) atoms. The van der Waals surface area contributed by atoms with Crippen LogP contribution in [0.15, 0.2) is 71.9 Å². The summed E-state index contributed by atoms with van der Waals surface area (Å²) in [5.41, 5.74) is 5.96. The molecule has 4 rings (SSSR count). The SMILES string of the molecule is Cc1ccc(-c2nnc(SCC(=O)Nc3cc(C)ccc3C)n2-c2ccc(Cl)cc2)cc1. The second-order valence-electron chi connectivity index (χ2n) is 7.64. The van der Waals surface area contributed by atoms with Crippen LogP contribution >= 0.6 is 23.4 Å². The number of hydrogen-bond acceptors (Lipinski definition) is 4. The number of rotatable bonds is 6. The van der Waals surface area contributed by atoms with Gasteiger partial charge in [0, 0.05) is 22.0 Å². The van der Waals surface area contributed by atoms with Gasteiger partial charge in [-0.3, -0.25) is 9.36 Å². The van der Waals surface area contributed by atoms with Crippen LogP contribution in [0.3, 0.4) is 0 Å². The molecule has 3 aromatic carbocycles. The molecule has 4 aromatic rings. The Morgan fingerprint density at radius 1 is 0.938 bits per heavy atom. The maximum absolute atomic E-state index is 12.6. The van der Waals surface area contributed by atoms with Crippen LogP contribution in [0.25, 0.3) is 17.1 Å². The zero-order chi connectivity index (χ0) is 22.7. The molecule has 1 heterocycles. The number of carbonyl (C=O) groups excluding carboxylic acids is 1. The molecule has 0 spiro atoms. The Morgan fingerprint density at radius 2 is 1.62 bits per heavy atom. The van der Waals surface area contributed by atoms with Crippen LogP contribution in [-0.2, 0) is 4.79 Å². The minimum Gasteiger partial charge on any atom is -0.325 e. The Bertz CT molecular complexity index is 1250. The van der Waals surface area contributed by atoms with Gasteiger partial charge in [-0.2, -0.15) is 0 Å². The van der Waals surface area contributed by atoms with Gasteiger partial charge in [0.05, 0.1) is 5.75 Å². The third-order valence-corrected chi connectivity index (χ3v) is 6.21. The molecule has 0 saturated heterocycles. The first-order chi connectivity index (χ1) is 15.4. The van der Waals surface area contributed by atoms with Crippen molar-refractivity contribution in [3.63, 3.8) is 0 Å². The van der Waals surface area contributed by atoms with E-state index in [-0.39, 0.29) is 11.7 Å². The third-order valence-electron chi connectivity index (χ3n) is 5.03. The summed E-state index contributed by atoms with van der Waals surface area (Å²) in [5, 5.41) is 13.1. The lowest BCUT2D eigenvalue weighted by molar-refractivity contribution is -0.113. The number of nitrogens with zero attached hydrogens (tertiary/aromatic N) is 3. The van der Waals surface area contributed by atoms with Crippen molar-refractivity contribution in [1.29, 1.82) is 0 Å². The van der Waals surface area contributed by atoms with E-state index >= 15 is 0 Å². The fourth-order valence-electron chi connectivity index (χ4n) is 3.26. The minimum atomic E-state index is -0.0914. The van der Waals surface area contributed by atoms with E-state index in [4.69, 9.17) is 11.6 Å². The highest BCUT2D eigenvalue weighted by Gasteiger charge is 2.17. The van der Waals surface area contributed by atoms with Gasteiger partial charge < -0.3 is 5.32 Å². The average Bonchev–Trinajstić information content (AvgIpc) is 3.20. The van der Waals surface area contributed by atoms with E-state index in [1.165, 1.54) is 17.3 Å². The maximum Gasteiger partial charge on any atom is 0.234 e. The van der Waals surface area contributed by atoms with Crippen molar-refractivity contribution in [1.82, 2.24) is 14.8 Å². The minimum absolute atomic E-state index is 0.0914. The average molecular weight is 463 g/mol. The van der Waals surface area contributed by atoms with Crippen LogP contribution in [0, 0.1) is 20.8 Å². The van der Waals surface area contributed by atoms with Crippen molar-refractivity contribution in [2.45, 2.75) is 25.9 Å². The number of thioether (sulfide) groups is 1. The molecule has 0 aliphatic rings. The second-order valence-corrected chi connectivity index (χ2v) is 9.02. The van der Waals surface area contributed by atoms with Gasteiger partial charge in [0.25, 0.3) is 0 Å². The molecular formula is C25H23ClN4OS. The molecule has 5 nitrogen and oxygen atoms in total. The summed E-state index contributed by atoms with van der Waals surface area (Å²) >= 11 is 7.44. The zero-order valence-electron chi connectivity index (χ0n) is 18.1. The number of halogens is 1. The Kier molecular flexibility index (Phi) is 6.63. The summed E-state index contributed by atoms with van der Waals surface area (Å²) in [4.78, 5) is 12.6. The van der Waals surface area contributed by atoms with Crippen molar-refractivity contribution in [2.75, 3.05) is 11.1 Å². The number of amides is 1. The van der Waals surface area contributed by atoms with Gasteiger partial charge in [0.1, 0.15) is 0 Å². The van der Waals surface area contributed by atoms with Gasteiger partial charge in [-0.15, -0.1) is 10.2 Å². The number of nitrogens with one attached hydrogen (secondary N) is 1. The monoisotopic (exact) mass is 462 g/mol. The molecule has 162 valence electrons. The predicted molar refractivity (Wildman–Crippen MR) is 132 cm³/mol. The third kappa shape index (κ3) is 5.03. The van der Waals surface area contributed by atoms with Crippen LogP contribution < -0.4 is 5.32 Å². The van der Waals surface area contributed by atoms with Crippen LogP contribution in [0.4, 0.5) is 5.69 Å². The zero-order valence-corrected chi connectivity index (χ0v) is 19.7. The van der Waals surface area contributed by atoms with E-state index in [0.29, 0.717) is 16.0 Å². The lowest BCUT2D eigenvalue weighted by Crippen LogP contribution is -2.15. The van der Waals surface area contributed by atoms with Crippen molar-refractivity contribution in [3.05, 3.63) is 88.4 Å². The second kappa shape index (κ2) is 9.59. The van der Waals surface area contributed by atoms with E-state index in [2.05, 4.69) is 15.5 Å². The topological polar surface area (TPSA) is 59.8 Å². The van der Waals surface area contributed by atoms with E-state index < -0.39 is 0 Å². The molecule has 0 aliphatic heterocycles. The lowest BCUT2D eigenvalue weighted by atomic mass is 10.1. The molecular weight excluding hydrogens is 440 g/mol. The summed E-state index contributed by atoms with van der Waals surface area (Å²) in [6.07, 6.45) is 0. The number of aromatic nitrogens is 3. The standard InChI is InChI=1S/C25H23ClN4OS/c1-16-5-8-19(9-6-16)24-28-29-25(30(24)21-12-10-20(26)11-13-21)32-15-23(31)27-22-14-17(2)4-7-18(22)3/h4-14H,15H2,1-3H3,(H,27,31). The van der Waals surface area contributed by atoms with Crippen LogP contribution in [-0.4, -0.2) is 26.4 Å². The highest BCUT2D eigenvalue weighted by atomic mass is 35.5. The van der Waals surface area contributed by atoms with Gasteiger partial charge in [0.15, 0.2) is 11.0 Å². The number of aryl methyl sites for hydroxylation is 3. The number of carbonyl (C=O) groups is 1. The predicted octanol–water partition coefficient (Wildman–Crippen LogP) is 6.24. The van der Waals surface area contributed by atoms with E-state index in [0.717, 1.165) is 28.1 Å². The van der Waals surface area contributed by atoms with E-state index in [9.17, 15) is 4.79 Å². The van der Waals surface area contributed by atoms with Crippen LogP contribution in [0.1, 0.15) is 16.7 Å². The molecule has 0 saturated carbocycles. The first kappa shape index (κ1) is 22.1. The van der Waals surface area contributed by atoms with Crippen molar-refractivity contribution in [3.8, 4) is 17.1 Å². The molecule has 0 aliphatic carbocycles. The van der Waals surface area contributed by atoms with Crippen LogP contribution in [0.5, 0.6) is 0 Å². The van der Waals surface area contributed by atoms with Gasteiger partial charge in [-0.25, -0.2) is 0 Å². The summed E-state index contributed by atoms with van der Waals surface area (Å²) in [5.74, 6) is 0.837. The highest BCUT2D eigenvalue weighted by Crippen LogP contribution is 2.29. The summed E-state index contributed by atoms with van der Waals surface area (Å²) in [6.45, 7) is 6.03. The Labute approximate surface area is 196 Å². The van der Waals surface area contributed by atoms with E-state index in [1.54, 1.807) is 0 Å². The summed E-state index contributed by atoms with van der Waals surface area (Å²) in [7, 11) is 0. The first-order valence-corrected chi connectivity index (χ1v) is 11.6. The van der Waals surface area contributed by atoms with Crippen LogP contribution in [0.2, 0.25) is 5.02 Å². The van der Waals surface area contributed by atoms with E-state index in [1.807, 2.05) is 92.1 Å². The fourth-order valence-corrected chi connectivity index (χ4v) is 4.14. The number of anilines is 1. The smallest absolute Gasteiger partial charge is 0.234 e. The fraction of sp³-hybridized carbons (Fsp3) is 0.160.